The lowest BCUT2D eigenvalue weighted by Crippen LogP contribution is -2.56. The molecule has 10 heteroatoms. The third kappa shape index (κ3) is 4.00. The molecule has 2 N–H and O–H groups in total. The van der Waals surface area contributed by atoms with Gasteiger partial charge < -0.3 is 19.9 Å². The molecule has 5 atom stereocenters. The maximum atomic E-state index is 14.3. The van der Waals surface area contributed by atoms with Crippen molar-refractivity contribution in [3.8, 4) is 0 Å². The molecule has 1 aromatic heterocycles. The number of ketones is 1. The van der Waals surface area contributed by atoms with Crippen molar-refractivity contribution in [2.75, 3.05) is 10.2 Å². The number of hydrogen-bond donors (Lipinski definition) is 2. The predicted molar refractivity (Wildman–Crippen MR) is 141 cm³/mol. The van der Waals surface area contributed by atoms with Gasteiger partial charge in [0, 0.05) is 23.4 Å². The molecular weight excluding hydrogens is 500 g/mol. The third-order valence-electron chi connectivity index (χ3n) is 8.59. The van der Waals surface area contributed by atoms with E-state index in [0.717, 1.165) is 32.1 Å². The molecule has 1 aromatic carbocycles. The van der Waals surface area contributed by atoms with Gasteiger partial charge in [0.2, 0.25) is 17.7 Å². The van der Waals surface area contributed by atoms with Gasteiger partial charge in [-0.3, -0.25) is 24.1 Å². The Morgan fingerprint density at radius 3 is 2.54 bits per heavy atom. The Labute approximate surface area is 226 Å². The van der Waals surface area contributed by atoms with Crippen LogP contribution in [-0.2, 0) is 19.1 Å². The molecule has 3 amide bonds. The summed E-state index contributed by atoms with van der Waals surface area (Å²) in [5, 5.41) is 9.79. The van der Waals surface area contributed by atoms with E-state index >= 15 is 0 Å². The molecule has 10 nitrogen and oxygen atoms in total. The first kappa shape index (κ1) is 25.5. The number of nitrogens with zero attached hydrogens (tertiary/aromatic N) is 2. The fraction of sp³-hybridized carbons (Fsp3) is 0.483. The number of amides is 3. The predicted octanol–water partition coefficient (Wildman–Crippen LogP) is 3.32. The quantitative estimate of drug-likeness (QED) is 0.431. The van der Waals surface area contributed by atoms with Gasteiger partial charge in [-0.2, -0.15) is 0 Å². The average molecular weight is 533 g/mol. The largest absolute Gasteiger partial charge is 0.360 e. The van der Waals surface area contributed by atoms with Gasteiger partial charge in [0.25, 0.3) is 0 Å². The number of Topliss-reactive ketones (excluding diaryl/α,β-unsaturated/α-hetero) is 1. The highest BCUT2D eigenvalue weighted by Crippen LogP contribution is 2.60. The lowest BCUT2D eigenvalue weighted by molar-refractivity contribution is -0.131. The van der Waals surface area contributed by atoms with E-state index in [2.05, 4.69) is 15.8 Å². The van der Waals surface area contributed by atoms with E-state index < -0.39 is 40.9 Å². The highest BCUT2D eigenvalue weighted by atomic mass is 16.5. The molecule has 4 aliphatic rings. The van der Waals surface area contributed by atoms with Crippen LogP contribution in [0.4, 0.5) is 11.5 Å². The first-order valence-corrected chi connectivity index (χ1v) is 13.5. The number of rotatable bonds is 6. The van der Waals surface area contributed by atoms with Crippen LogP contribution in [0.3, 0.4) is 0 Å². The van der Waals surface area contributed by atoms with E-state index in [1.54, 1.807) is 56.3 Å². The molecule has 3 aliphatic heterocycles. The van der Waals surface area contributed by atoms with Gasteiger partial charge in [-0.1, -0.05) is 48.7 Å². The summed E-state index contributed by atoms with van der Waals surface area (Å²) in [6, 6.07) is 7.23. The van der Waals surface area contributed by atoms with Crippen molar-refractivity contribution in [1.29, 1.82) is 0 Å². The normalized spacial score (nSPS) is 31.4. The molecule has 0 radical (unpaired) electrons. The number of hydrogen-bond acceptors (Lipinski definition) is 7. The minimum atomic E-state index is -1.35. The average Bonchev–Trinajstić information content (AvgIpc) is 3.61. The second-order valence-electron chi connectivity index (χ2n) is 11.3. The van der Waals surface area contributed by atoms with Crippen LogP contribution in [0.5, 0.6) is 0 Å². The minimum Gasteiger partial charge on any atom is -0.360 e. The van der Waals surface area contributed by atoms with Gasteiger partial charge in [0.05, 0.1) is 17.4 Å². The van der Waals surface area contributed by atoms with Crippen LogP contribution >= 0.6 is 0 Å². The number of benzene rings is 1. The molecule has 1 aliphatic carbocycles. The minimum absolute atomic E-state index is 0.00914. The molecule has 4 heterocycles. The molecule has 1 saturated carbocycles. The molecule has 204 valence electrons. The Morgan fingerprint density at radius 2 is 1.85 bits per heavy atom. The van der Waals surface area contributed by atoms with E-state index in [1.807, 2.05) is 0 Å². The summed E-state index contributed by atoms with van der Waals surface area (Å²) in [4.78, 5) is 55.6. The number of aryl methyl sites for hydroxylation is 1. The molecule has 2 bridgehead atoms. The molecule has 2 saturated heterocycles. The van der Waals surface area contributed by atoms with Gasteiger partial charge in [0.15, 0.2) is 11.6 Å². The van der Waals surface area contributed by atoms with E-state index in [1.165, 1.54) is 11.8 Å². The van der Waals surface area contributed by atoms with Crippen LogP contribution in [-0.4, -0.2) is 51.9 Å². The van der Waals surface area contributed by atoms with Gasteiger partial charge >= 0.3 is 0 Å². The van der Waals surface area contributed by atoms with Crippen LogP contribution in [0.25, 0.3) is 0 Å². The second kappa shape index (κ2) is 9.15. The summed E-state index contributed by atoms with van der Waals surface area (Å²) in [7, 11) is 0. The van der Waals surface area contributed by atoms with E-state index in [0.29, 0.717) is 17.0 Å². The van der Waals surface area contributed by atoms with Gasteiger partial charge in [-0.15, -0.1) is 0 Å². The van der Waals surface area contributed by atoms with Gasteiger partial charge in [-0.05, 0) is 45.7 Å². The lowest BCUT2D eigenvalue weighted by atomic mass is 9.70. The fourth-order valence-electron chi connectivity index (χ4n) is 6.84. The van der Waals surface area contributed by atoms with Crippen LogP contribution in [0.2, 0.25) is 0 Å². The molecular formula is C29H32N4O6. The number of aromatic nitrogens is 1. The Kier molecular flexibility index (Phi) is 5.98. The van der Waals surface area contributed by atoms with E-state index in [4.69, 9.17) is 9.26 Å². The molecule has 1 spiro atoms. The number of carbonyl (C=O) groups excluding carboxylic acids is 4. The summed E-state index contributed by atoms with van der Waals surface area (Å²) in [6.07, 6.45) is 8.51. The highest BCUT2D eigenvalue weighted by molar-refractivity contribution is 6.12. The highest BCUT2D eigenvalue weighted by Gasteiger charge is 2.76. The third-order valence-corrected chi connectivity index (χ3v) is 8.59. The first-order chi connectivity index (χ1) is 18.6. The van der Waals surface area contributed by atoms with Crippen molar-refractivity contribution < 1.29 is 28.4 Å². The topological polar surface area (TPSA) is 131 Å². The van der Waals surface area contributed by atoms with Crippen molar-refractivity contribution in [3.63, 3.8) is 0 Å². The Morgan fingerprint density at radius 1 is 1.08 bits per heavy atom. The number of ether oxygens (including phenoxy) is 1. The van der Waals surface area contributed by atoms with Crippen LogP contribution in [0, 0.1) is 18.8 Å². The van der Waals surface area contributed by atoms with Gasteiger partial charge in [0.1, 0.15) is 17.4 Å². The smallest absolute Gasteiger partial charge is 0.246 e. The lowest BCUT2D eigenvalue weighted by Gasteiger charge is -2.34. The molecule has 6 rings (SSSR count). The maximum Gasteiger partial charge on any atom is 0.246 e. The monoisotopic (exact) mass is 532 g/mol. The number of anilines is 2. The fourth-order valence-corrected chi connectivity index (χ4v) is 6.84. The van der Waals surface area contributed by atoms with Crippen molar-refractivity contribution in [2.45, 2.75) is 76.2 Å². The van der Waals surface area contributed by atoms with Crippen molar-refractivity contribution in [3.05, 3.63) is 53.8 Å². The van der Waals surface area contributed by atoms with Crippen molar-refractivity contribution >= 4 is 35.0 Å². The molecule has 2 aromatic rings. The summed E-state index contributed by atoms with van der Waals surface area (Å²) in [6.45, 7) is 4.93. The van der Waals surface area contributed by atoms with E-state index in [-0.39, 0.29) is 23.6 Å². The molecule has 3 fully saturated rings. The van der Waals surface area contributed by atoms with Crippen LogP contribution in [0.15, 0.2) is 47.0 Å². The van der Waals surface area contributed by atoms with Crippen LogP contribution < -0.4 is 15.5 Å². The number of carbonyl (C=O) groups is 4. The summed E-state index contributed by atoms with van der Waals surface area (Å²) in [5.74, 6) is -2.43. The zero-order valence-electron chi connectivity index (χ0n) is 22.2. The second-order valence-corrected chi connectivity index (χ2v) is 11.3. The Hall–Kier alpha value is -3.79. The zero-order valence-corrected chi connectivity index (χ0v) is 22.2. The van der Waals surface area contributed by atoms with Crippen molar-refractivity contribution in [1.82, 2.24) is 10.5 Å². The standard InChI is InChI=1S/C29H32N4O6/c1-16-14-21(32-38-16)31-25(35)22-23-27(37)33(20-11-7-8-18(15-20)17(2)34)24(29(23)13-12-28(22,3)39-29)26(36)30-19-9-5-4-6-10-19/h7-8,11-15,19,22-24H,4-6,9-10H2,1-3H3,(H,30,36)(H,31,32,35)/t22-,23-,24-,28+,29-/m0/s1. The maximum absolute atomic E-state index is 14.3. The summed E-state index contributed by atoms with van der Waals surface area (Å²) >= 11 is 0. The van der Waals surface area contributed by atoms with Gasteiger partial charge in [-0.25, -0.2) is 0 Å². The SMILES string of the molecule is CC(=O)c1cccc(N2C(=O)[C@@H]3[C@@H](C(=O)Nc4cc(C)on4)[C@@]4(C)C=C[C@@]3(O4)[C@@H]2C(=O)NC2CCCCC2)c1. The number of nitrogens with one attached hydrogen (secondary N) is 2. The Bertz CT molecular complexity index is 1390. The van der Waals surface area contributed by atoms with E-state index in [9.17, 15) is 19.2 Å². The Balaban J connectivity index is 1.41. The zero-order chi connectivity index (χ0) is 27.5. The summed E-state index contributed by atoms with van der Waals surface area (Å²) in [5.41, 5.74) is -1.61. The number of fused-ring (bicyclic) bond motifs is 1. The molecule has 0 unspecified atom stereocenters. The van der Waals surface area contributed by atoms with Crippen molar-refractivity contribution in [2.24, 2.45) is 11.8 Å². The first-order valence-electron chi connectivity index (χ1n) is 13.5. The molecule has 39 heavy (non-hydrogen) atoms. The van der Waals surface area contributed by atoms with Crippen LogP contribution in [0.1, 0.15) is 62.1 Å². The summed E-state index contributed by atoms with van der Waals surface area (Å²) < 4.78 is 11.6.